The molecule has 0 N–H and O–H groups in total. The van der Waals surface area contributed by atoms with Gasteiger partial charge in [-0.3, -0.25) is 0 Å². The van der Waals surface area contributed by atoms with Crippen LogP contribution in [0.5, 0.6) is 0 Å². The zero-order valence-electron chi connectivity index (χ0n) is 17.8. The van der Waals surface area contributed by atoms with Gasteiger partial charge in [-0.15, -0.1) is 5.10 Å². The van der Waals surface area contributed by atoms with Crippen molar-refractivity contribution in [3.63, 3.8) is 0 Å². The van der Waals surface area contributed by atoms with Crippen LogP contribution in [0.3, 0.4) is 0 Å². The second-order valence-electron chi connectivity index (χ2n) is 8.14. The van der Waals surface area contributed by atoms with Crippen molar-refractivity contribution in [2.75, 3.05) is 0 Å². The zero-order valence-corrected chi connectivity index (χ0v) is 19.4. The van der Waals surface area contributed by atoms with Crippen LogP contribution in [0.25, 0.3) is 6.08 Å². The lowest BCUT2D eigenvalue weighted by atomic mass is 10.2. The molecular formula is C19H19F3N2O7S2. The predicted molar refractivity (Wildman–Crippen MR) is 109 cm³/mol. The SMILES string of the molecule is Cc1ccc(S(=O)(=O)n2nc(C(=O)OC(C)(C)C)c3c2CC(OS(=O)(=O)C(F)(F)F)=C3)cc1. The summed E-state index contributed by atoms with van der Waals surface area (Å²) in [6, 6.07) is 5.63. The van der Waals surface area contributed by atoms with Gasteiger partial charge in [-0.05, 0) is 45.9 Å². The molecule has 1 aliphatic rings. The molecule has 0 unspecified atom stereocenters. The maximum atomic E-state index is 13.2. The molecule has 0 radical (unpaired) electrons. The number of hydrogen-bond donors (Lipinski definition) is 0. The first-order valence-corrected chi connectivity index (χ1v) is 12.2. The number of esters is 1. The Morgan fingerprint density at radius 1 is 1.06 bits per heavy atom. The first-order chi connectivity index (χ1) is 14.9. The smallest absolute Gasteiger partial charge is 0.455 e. The monoisotopic (exact) mass is 508 g/mol. The minimum atomic E-state index is -6.01. The maximum Gasteiger partial charge on any atom is 0.534 e. The van der Waals surface area contributed by atoms with Gasteiger partial charge in [0.25, 0.3) is 10.0 Å². The predicted octanol–water partition coefficient (Wildman–Crippen LogP) is 3.15. The number of fused-ring (bicyclic) bond motifs is 1. The van der Waals surface area contributed by atoms with Crippen LogP contribution in [0, 0.1) is 6.92 Å². The molecule has 0 fully saturated rings. The Hall–Kier alpha value is -2.87. The van der Waals surface area contributed by atoms with E-state index in [1.807, 2.05) is 0 Å². The Bertz CT molecular complexity index is 1350. The lowest BCUT2D eigenvalue weighted by Gasteiger charge is -2.18. The second kappa shape index (κ2) is 7.87. The first-order valence-electron chi connectivity index (χ1n) is 9.31. The van der Waals surface area contributed by atoms with E-state index in [4.69, 9.17) is 4.74 Å². The van der Waals surface area contributed by atoms with Crippen LogP contribution < -0.4 is 0 Å². The molecule has 1 aromatic heterocycles. The maximum absolute atomic E-state index is 13.2. The normalized spacial score (nSPS) is 14.6. The van der Waals surface area contributed by atoms with Crippen molar-refractivity contribution in [2.45, 2.75) is 50.1 Å². The van der Waals surface area contributed by atoms with Gasteiger partial charge < -0.3 is 8.92 Å². The molecule has 0 saturated carbocycles. The van der Waals surface area contributed by atoms with Crippen LogP contribution in [-0.2, 0) is 35.5 Å². The summed E-state index contributed by atoms with van der Waals surface area (Å²) in [6.07, 6.45) is 0.150. The van der Waals surface area contributed by atoms with Gasteiger partial charge in [0.15, 0.2) is 5.69 Å². The Kier molecular flexibility index (Phi) is 5.90. The van der Waals surface area contributed by atoms with Gasteiger partial charge in [0.2, 0.25) is 0 Å². The van der Waals surface area contributed by atoms with Gasteiger partial charge in [0.1, 0.15) is 11.4 Å². The number of halogens is 3. The number of carbonyl (C=O) groups excluding carboxylic acids is 1. The summed E-state index contributed by atoms with van der Waals surface area (Å²) in [7, 11) is -10.4. The van der Waals surface area contributed by atoms with E-state index in [1.165, 1.54) is 24.3 Å². The Labute approximate surface area is 188 Å². The number of alkyl halides is 3. The van der Waals surface area contributed by atoms with Crippen molar-refractivity contribution in [3.05, 3.63) is 52.5 Å². The summed E-state index contributed by atoms with van der Waals surface area (Å²) in [5.74, 6) is -1.77. The minimum Gasteiger partial charge on any atom is -0.455 e. The van der Waals surface area contributed by atoms with Crippen LogP contribution in [0.4, 0.5) is 13.2 Å². The molecule has 0 spiro atoms. The van der Waals surface area contributed by atoms with Crippen molar-refractivity contribution < 1.29 is 43.7 Å². The topological polar surface area (TPSA) is 122 Å². The summed E-state index contributed by atoms with van der Waals surface area (Å²) in [4.78, 5) is 12.4. The summed E-state index contributed by atoms with van der Waals surface area (Å²) in [5.41, 5.74) is -6.90. The van der Waals surface area contributed by atoms with Gasteiger partial charge in [-0.25, -0.2) is 4.79 Å². The number of nitrogens with zero attached hydrogens (tertiary/aromatic N) is 2. The second-order valence-corrected chi connectivity index (χ2v) is 11.4. The lowest BCUT2D eigenvalue weighted by molar-refractivity contribution is -0.0522. The van der Waals surface area contributed by atoms with Crippen molar-refractivity contribution in [2.24, 2.45) is 0 Å². The van der Waals surface area contributed by atoms with Crippen LogP contribution in [-0.4, -0.2) is 43.1 Å². The van der Waals surface area contributed by atoms with E-state index in [2.05, 4.69) is 9.28 Å². The molecule has 33 heavy (non-hydrogen) atoms. The van der Waals surface area contributed by atoms with Crippen LogP contribution >= 0.6 is 0 Å². The van der Waals surface area contributed by atoms with Gasteiger partial charge in [0, 0.05) is 5.56 Å². The van der Waals surface area contributed by atoms with Crippen LogP contribution in [0.2, 0.25) is 0 Å². The molecule has 0 bridgehead atoms. The fourth-order valence-corrected chi connectivity index (χ4v) is 4.67. The van der Waals surface area contributed by atoms with Crippen molar-refractivity contribution in [3.8, 4) is 0 Å². The summed E-state index contributed by atoms with van der Waals surface area (Å²) in [6.45, 7) is 6.37. The third-order valence-electron chi connectivity index (χ3n) is 4.27. The Morgan fingerprint density at radius 3 is 2.15 bits per heavy atom. The molecule has 0 aliphatic heterocycles. The summed E-state index contributed by atoms with van der Waals surface area (Å²) >= 11 is 0. The summed E-state index contributed by atoms with van der Waals surface area (Å²) < 4.78 is 97.1. The highest BCUT2D eigenvalue weighted by molar-refractivity contribution is 7.90. The van der Waals surface area contributed by atoms with Gasteiger partial charge >= 0.3 is 21.6 Å². The van der Waals surface area contributed by atoms with Crippen LogP contribution in [0.1, 0.15) is 48.1 Å². The molecule has 0 amide bonds. The number of rotatable bonds is 5. The molecule has 3 rings (SSSR count). The molecule has 0 saturated heterocycles. The van der Waals surface area contributed by atoms with E-state index in [-0.39, 0.29) is 16.2 Å². The fraction of sp³-hybridized carbons (Fsp3) is 0.368. The third-order valence-corrected chi connectivity index (χ3v) is 6.90. The molecular weight excluding hydrogens is 489 g/mol. The van der Waals surface area contributed by atoms with E-state index in [1.54, 1.807) is 27.7 Å². The molecule has 1 aliphatic carbocycles. The largest absolute Gasteiger partial charge is 0.534 e. The highest BCUT2D eigenvalue weighted by atomic mass is 32.2. The Balaban J connectivity index is 2.12. The van der Waals surface area contributed by atoms with Crippen molar-refractivity contribution >= 4 is 32.2 Å². The highest BCUT2D eigenvalue weighted by Gasteiger charge is 2.49. The molecule has 1 heterocycles. The van der Waals surface area contributed by atoms with E-state index in [0.717, 1.165) is 11.6 Å². The van der Waals surface area contributed by atoms with Crippen molar-refractivity contribution in [1.82, 2.24) is 9.19 Å². The highest BCUT2D eigenvalue weighted by Crippen LogP contribution is 2.35. The molecule has 9 nitrogen and oxygen atoms in total. The number of allylic oxidation sites excluding steroid dienone is 1. The number of ether oxygens (including phenoxy) is 1. The number of aromatic nitrogens is 2. The number of carbonyl (C=O) groups is 1. The number of hydrogen-bond acceptors (Lipinski definition) is 8. The first kappa shape index (κ1) is 24.8. The number of benzene rings is 1. The lowest BCUT2D eigenvalue weighted by Crippen LogP contribution is -2.26. The van der Waals surface area contributed by atoms with Crippen molar-refractivity contribution in [1.29, 1.82) is 0 Å². The van der Waals surface area contributed by atoms with Crippen LogP contribution in [0.15, 0.2) is 34.9 Å². The van der Waals surface area contributed by atoms with E-state index >= 15 is 0 Å². The van der Waals surface area contributed by atoms with Gasteiger partial charge in [-0.1, -0.05) is 17.7 Å². The molecule has 14 heteroatoms. The van der Waals surface area contributed by atoms with E-state index in [0.29, 0.717) is 4.09 Å². The zero-order chi connectivity index (χ0) is 25.0. The van der Waals surface area contributed by atoms with E-state index < -0.39 is 55.1 Å². The van der Waals surface area contributed by atoms with Gasteiger partial charge in [-0.2, -0.15) is 34.1 Å². The third kappa shape index (κ3) is 4.90. The molecule has 180 valence electrons. The molecule has 2 aromatic rings. The molecule has 0 atom stereocenters. The average Bonchev–Trinajstić information content (AvgIpc) is 3.17. The Morgan fingerprint density at radius 2 is 1.64 bits per heavy atom. The quantitative estimate of drug-likeness (QED) is 0.343. The standard InChI is InChI=1S/C19H19F3N2O7S2/c1-11-5-7-13(8-6-11)32(26,27)24-15-10-12(31-33(28,29)19(20,21)22)9-14(15)16(23-24)17(25)30-18(2,3)4/h5-9H,10H2,1-4H3. The van der Waals surface area contributed by atoms with Gasteiger partial charge in [0.05, 0.1) is 17.0 Å². The van der Waals surface area contributed by atoms with E-state index in [9.17, 15) is 34.8 Å². The summed E-state index contributed by atoms with van der Waals surface area (Å²) in [5, 5.41) is 3.85. The molecule has 1 aromatic carbocycles. The fourth-order valence-electron chi connectivity index (χ4n) is 2.86. The minimum absolute atomic E-state index is 0.202. The number of aryl methyl sites for hydroxylation is 1. The average molecular weight is 508 g/mol.